The van der Waals surface area contributed by atoms with E-state index in [4.69, 9.17) is 9.97 Å². The van der Waals surface area contributed by atoms with Gasteiger partial charge >= 0.3 is 0 Å². The summed E-state index contributed by atoms with van der Waals surface area (Å²) in [6.45, 7) is 0. The highest BCUT2D eigenvalue weighted by atomic mass is 15.1. The minimum Gasteiger partial charge on any atom is -0.309 e. The number of rotatable bonds is 5. The lowest BCUT2D eigenvalue weighted by atomic mass is 9.92. The summed E-state index contributed by atoms with van der Waals surface area (Å²) in [6, 6.07) is 73.7. The topological polar surface area (TPSA) is 35.6 Å². The predicted octanol–water partition coefficient (Wildman–Crippen LogP) is 14.0. The van der Waals surface area contributed by atoms with E-state index in [1.165, 1.54) is 49.1 Å². The predicted molar refractivity (Wildman–Crippen MR) is 242 cm³/mol. The van der Waals surface area contributed by atoms with Crippen LogP contribution in [-0.4, -0.2) is 19.1 Å². The van der Waals surface area contributed by atoms with Gasteiger partial charge < -0.3 is 4.57 Å². The van der Waals surface area contributed by atoms with Crippen molar-refractivity contribution in [2.45, 2.75) is 0 Å². The maximum absolute atomic E-state index is 5.51. The Balaban J connectivity index is 1.17. The molecule has 3 heterocycles. The number of hydrogen-bond donors (Lipinski definition) is 0. The molecule has 0 saturated carbocycles. The van der Waals surface area contributed by atoms with Crippen LogP contribution < -0.4 is 0 Å². The van der Waals surface area contributed by atoms with E-state index in [-0.39, 0.29) is 0 Å². The average Bonchev–Trinajstić information content (AvgIpc) is 3.82. The van der Waals surface area contributed by atoms with Gasteiger partial charge in [0.15, 0.2) is 5.82 Å². The first kappa shape index (κ1) is 32.4. The Kier molecular flexibility index (Phi) is 7.20. The van der Waals surface area contributed by atoms with Crippen molar-refractivity contribution >= 4 is 65.4 Å². The van der Waals surface area contributed by atoms with Crippen molar-refractivity contribution in [1.82, 2.24) is 19.1 Å². The summed E-state index contributed by atoms with van der Waals surface area (Å²) < 4.78 is 4.74. The van der Waals surface area contributed by atoms with E-state index in [1.54, 1.807) is 0 Å². The van der Waals surface area contributed by atoms with E-state index in [0.29, 0.717) is 0 Å². The second-order valence-corrected chi connectivity index (χ2v) is 15.0. The molecular formula is C54H34N4. The van der Waals surface area contributed by atoms with Gasteiger partial charge in [0.2, 0.25) is 0 Å². The summed E-state index contributed by atoms with van der Waals surface area (Å²) in [5.41, 5.74) is 13.8. The third-order valence-electron chi connectivity index (χ3n) is 11.7. The molecule has 0 fully saturated rings. The van der Waals surface area contributed by atoms with E-state index < -0.39 is 0 Å². The molecule has 270 valence electrons. The zero-order valence-corrected chi connectivity index (χ0v) is 31.4. The molecule has 0 aliphatic heterocycles. The minimum absolute atomic E-state index is 0.796. The highest BCUT2D eigenvalue weighted by Crippen LogP contribution is 2.42. The summed E-state index contributed by atoms with van der Waals surface area (Å²) in [5.74, 6) is 0.796. The lowest BCUT2D eigenvalue weighted by molar-refractivity contribution is 1.08. The highest BCUT2D eigenvalue weighted by molar-refractivity contribution is 6.22. The molecule has 12 rings (SSSR count). The fourth-order valence-corrected chi connectivity index (χ4v) is 9.10. The van der Waals surface area contributed by atoms with Gasteiger partial charge in [0, 0.05) is 32.8 Å². The van der Waals surface area contributed by atoms with Crippen molar-refractivity contribution in [3.63, 3.8) is 0 Å². The van der Waals surface area contributed by atoms with Crippen LogP contribution in [0.2, 0.25) is 0 Å². The zero-order chi connectivity index (χ0) is 38.2. The van der Waals surface area contributed by atoms with E-state index in [9.17, 15) is 0 Å². The Bertz CT molecular complexity index is 3510. The first-order chi connectivity index (χ1) is 28.8. The number of fused-ring (bicyclic) bond motifs is 9. The van der Waals surface area contributed by atoms with Crippen molar-refractivity contribution < 1.29 is 0 Å². The van der Waals surface area contributed by atoms with Crippen LogP contribution >= 0.6 is 0 Å². The Labute approximate surface area is 334 Å². The maximum Gasteiger partial charge on any atom is 0.165 e. The number of benzene rings is 9. The smallest absolute Gasteiger partial charge is 0.165 e. The Morgan fingerprint density at radius 1 is 0.328 bits per heavy atom. The molecule has 0 radical (unpaired) electrons. The van der Waals surface area contributed by atoms with Gasteiger partial charge in [-0.2, -0.15) is 0 Å². The molecule has 0 saturated heterocycles. The Morgan fingerprint density at radius 3 is 1.62 bits per heavy atom. The molecule has 0 aliphatic carbocycles. The van der Waals surface area contributed by atoms with Crippen LogP contribution in [0, 0.1) is 0 Å². The van der Waals surface area contributed by atoms with Crippen molar-refractivity contribution in [2.24, 2.45) is 0 Å². The van der Waals surface area contributed by atoms with Crippen LogP contribution in [0.5, 0.6) is 0 Å². The van der Waals surface area contributed by atoms with Crippen molar-refractivity contribution in [2.75, 3.05) is 0 Å². The van der Waals surface area contributed by atoms with Crippen LogP contribution in [0.1, 0.15) is 0 Å². The van der Waals surface area contributed by atoms with Gasteiger partial charge in [0.05, 0.1) is 33.1 Å². The fraction of sp³-hybridized carbons (Fsp3) is 0. The SMILES string of the molecule is c1ccc(-c2ccc(-c3nc4ccccc4nc3-n3c4ccc(-n5c6ccccc6c6ccccc65)cc4c4c5ccccc5ccc43)cc2-c2ccccc2)cc1. The molecule has 0 unspecified atom stereocenters. The van der Waals surface area contributed by atoms with Crippen LogP contribution in [0.3, 0.4) is 0 Å². The Morgan fingerprint density at radius 2 is 0.897 bits per heavy atom. The normalized spacial score (nSPS) is 11.8. The molecule has 0 N–H and O–H groups in total. The standard InChI is InChI=1S/C54H34N4/c1-3-15-35(16-4-1)40-30-27-38(33-44(40)36-17-5-2-6-18-36)53-54(56-47-24-12-11-23-46(47)55-53)58-50-32-29-39(34-45(50)52-41-20-8-7-19-37(41)28-31-51(52)58)57-48-25-13-9-21-42(48)43-22-10-14-26-49(43)57/h1-34H. The summed E-state index contributed by atoms with van der Waals surface area (Å²) in [5, 5.41) is 7.25. The van der Waals surface area contributed by atoms with Gasteiger partial charge in [-0.15, -0.1) is 0 Å². The largest absolute Gasteiger partial charge is 0.309 e. The lowest BCUT2D eigenvalue weighted by Crippen LogP contribution is -2.04. The van der Waals surface area contributed by atoms with Crippen LogP contribution in [0.25, 0.3) is 110 Å². The molecule has 58 heavy (non-hydrogen) atoms. The average molecular weight is 739 g/mol. The highest BCUT2D eigenvalue weighted by Gasteiger charge is 2.23. The third kappa shape index (κ3) is 4.95. The third-order valence-corrected chi connectivity index (χ3v) is 11.7. The molecule has 3 aromatic heterocycles. The van der Waals surface area contributed by atoms with Gasteiger partial charge in [-0.05, 0) is 87.6 Å². The van der Waals surface area contributed by atoms with E-state index in [2.05, 4.69) is 203 Å². The Hall–Kier alpha value is -7.82. The molecule has 0 bridgehead atoms. The number of para-hydroxylation sites is 4. The van der Waals surface area contributed by atoms with Gasteiger partial charge in [-0.25, -0.2) is 9.97 Å². The molecule has 0 amide bonds. The van der Waals surface area contributed by atoms with Gasteiger partial charge in [0.25, 0.3) is 0 Å². The summed E-state index contributed by atoms with van der Waals surface area (Å²) in [4.78, 5) is 11.0. The molecule has 0 aliphatic rings. The van der Waals surface area contributed by atoms with Crippen molar-refractivity contribution in [3.05, 3.63) is 206 Å². The number of hydrogen-bond acceptors (Lipinski definition) is 2. The van der Waals surface area contributed by atoms with E-state index in [0.717, 1.165) is 61.3 Å². The summed E-state index contributed by atoms with van der Waals surface area (Å²) >= 11 is 0. The maximum atomic E-state index is 5.51. The summed E-state index contributed by atoms with van der Waals surface area (Å²) in [6.07, 6.45) is 0. The van der Waals surface area contributed by atoms with Crippen molar-refractivity contribution in [3.8, 4) is 45.0 Å². The molecule has 9 aromatic carbocycles. The quantitative estimate of drug-likeness (QED) is 0.176. The van der Waals surface area contributed by atoms with Gasteiger partial charge in [-0.1, -0.05) is 152 Å². The molecule has 4 heteroatoms. The molecule has 4 nitrogen and oxygen atoms in total. The zero-order valence-electron chi connectivity index (χ0n) is 31.4. The van der Waals surface area contributed by atoms with E-state index >= 15 is 0 Å². The molecule has 0 spiro atoms. The lowest BCUT2D eigenvalue weighted by Gasteiger charge is -2.17. The second-order valence-electron chi connectivity index (χ2n) is 15.0. The number of aromatic nitrogens is 4. The second kappa shape index (κ2) is 12.9. The van der Waals surface area contributed by atoms with Crippen LogP contribution in [0.4, 0.5) is 0 Å². The number of nitrogens with zero attached hydrogens (tertiary/aromatic N) is 4. The van der Waals surface area contributed by atoms with Crippen LogP contribution in [0.15, 0.2) is 206 Å². The molecule has 0 atom stereocenters. The molecular weight excluding hydrogens is 705 g/mol. The molecule has 12 aromatic rings. The minimum atomic E-state index is 0.796. The van der Waals surface area contributed by atoms with Gasteiger partial charge in [-0.3, -0.25) is 4.57 Å². The summed E-state index contributed by atoms with van der Waals surface area (Å²) in [7, 11) is 0. The monoisotopic (exact) mass is 738 g/mol. The van der Waals surface area contributed by atoms with Crippen LogP contribution in [-0.2, 0) is 0 Å². The van der Waals surface area contributed by atoms with E-state index in [1.807, 2.05) is 12.1 Å². The first-order valence-electron chi connectivity index (χ1n) is 19.8. The van der Waals surface area contributed by atoms with Crippen molar-refractivity contribution in [1.29, 1.82) is 0 Å². The first-order valence-corrected chi connectivity index (χ1v) is 19.8. The fourth-order valence-electron chi connectivity index (χ4n) is 9.10. The van der Waals surface area contributed by atoms with Gasteiger partial charge in [0.1, 0.15) is 5.69 Å².